The van der Waals surface area contributed by atoms with Crippen molar-refractivity contribution < 1.29 is 9.53 Å². The van der Waals surface area contributed by atoms with E-state index in [4.69, 9.17) is 4.74 Å². The highest BCUT2D eigenvalue weighted by Gasteiger charge is 2.45. The van der Waals surface area contributed by atoms with E-state index in [0.29, 0.717) is 12.6 Å². The van der Waals surface area contributed by atoms with Crippen molar-refractivity contribution in [1.82, 2.24) is 9.88 Å². The molecular weight excluding hydrogens is 338 g/mol. The topological polar surface area (TPSA) is 45.7 Å². The number of nitrogens with zero attached hydrogens (tertiary/aromatic N) is 3. The molecule has 3 aliphatic rings. The lowest BCUT2D eigenvalue weighted by Gasteiger charge is -2.33. The van der Waals surface area contributed by atoms with Crippen molar-refractivity contribution in [2.24, 2.45) is 0 Å². The van der Waals surface area contributed by atoms with Gasteiger partial charge in [-0.3, -0.25) is 14.7 Å². The molecule has 5 rings (SSSR count). The molecule has 2 bridgehead atoms. The summed E-state index contributed by atoms with van der Waals surface area (Å²) in [5, 5.41) is 0. The van der Waals surface area contributed by atoms with Crippen LogP contribution in [0.3, 0.4) is 0 Å². The number of ether oxygens (including phenoxy) is 1. The van der Waals surface area contributed by atoms with E-state index in [-0.39, 0.29) is 18.1 Å². The van der Waals surface area contributed by atoms with Crippen LogP contribution in [0.1, 0.15) is 37.8 Å². The van der Waals surface area contributed by atoms with E-state index in [1.807, 2.05) is 47.4 Å². The van der Waals surface area contributed by atoms with Gasteiger partial charge in [-0.1, -0.05) is 31.0 Å². The molecule has 2 unspecified atom stereocenters. The second kappa shape index (κ2) is 6.97. The maximum atomic E-state index is 13.7. The molecule has 1 saturated heterocycles. The van der Waals surface area contributed by atoms with Gasteiger partial charge >= 0.3 is 0 Å². The van der Waals surface area contributed by atoms with Gasteiger partial charge in [0.1, 0.15) is 11.9 Å². The molecule has 2 aromatic rings. The first-order valence-corrected chi connectivity index (χ1v) is 10.0. The van der Waals surface area contributed by atoms with Crippen molar-refractivity contribution in [3.8, 4) is 5.75 Å². The van der Waals surface area contributed by atoms with Gasteiger partial charge in [0.2, 0.25) is 5.91 Å². The van der Waals surface area contributed by atoms with E-state index < -0.39 is 0 Å². The van der Waals surface area contributed by atoms with Crippen LogP contribution in [0.4, 0.5) is 5.69 Å². The number of carbonyl (C=O) groups excluding carboxylic acids is 1. The minimum Gasteiger partial charge on any atom is -0.487 e. The largest absolute Gasteiger partial charge is 0.487 e. The molecule has 1 aliphatic carbocycles. The first-order chi connectivity index (χ1) is 13.3. The smallest absolute Gasteiger partial charge is 0.244 e. The number of carbonyl (C=O) groups is 1. The highest BCUT2D eigenvalue weighted by atomic mass is 16.5. The standard InChI is InChI=1S/C22H25N3O2/c26-22-20-13-18(15-24(20)17-8-1-2-9-17)27-21-11-4-3-10-19(21)25(22)14-16-7-5-6-12-23-16/h3-7,10-12,17-18,20H,1-2,8-9,13-15H2. The van der Waals surface area contributed by atoms with Gasteiger partial charge in [0.05, 0.1) is 24.0 Å². The normalized spacial score (nSPS) is 25.8. The molecule has 140 valence electrons. The predicted octanol–water partition coefficient (Wildman–Crippen LogP) is 3.39. The lowest BCUT2D eigenvalue weighted by molar-refractivity contribution is -0.123. The van der Waals surface area contributed by atoms with E-state index >= 15 is 0 Å². The average molecular weight is 363 g/mol. The van der Waals surface area contributed by atoms with Crippen molar-refractivity contribution in [3.63, 3.8) is 0 Å². The van der Waals surface area contributed by atoms with Crippen LogP contribution in [0.2, 0.25) is 0 Å². The van der Waals surface area contributed by atoms with E-state index in [0.717, 1.165) is 30.1 Å². The van der Waals surface area contributed by atoms with Crippen LogP contribution < -0.4 is 9.64 Å². The monoisotopic (exact) mass is 363 g/mol. The van der Waals surface area contributed by atoms with Gasteiger partial charge in [0.25, 0.3) is 0 Å². The molecule has 1 amide bonds. The number of anilines is 1. The Hall–Kier alpha value is -2.40. The molecular formula is C22H25N3O2. The Balaban J connectivity index is 1.52. The second-order valence-corrected chi connectivity index (χ2v) is 7.84. The highest BCUT2D eigenvalue weighted by molar-refractivity contribution is 5.99. The van der Waals surface area contributed by atoms with Gasteiger partial charge in [0.15, 0.2) is 0 Å². The van der Waals surface area contributed by atoms with Crippen LogP contribution in [0, 0.1) is 0 Å². The molecule has 0 N–H and O–H groups in total. The fraction of sp³-hybridized carbons (Fsp3) is 0.455. The summed E-state index contributed by atoms with van der Waals surface area (Å²) in [6.45, 7) is 1.33. The molecule has 2 aliphatic heterocycles. The number of amides is 1. The third-order valence-corrected chi connectivity index (χ3v) is 6.14. The molecule has 1 saturated carbocycles. The van der Waals surface area contributed by atoms with Crippen molar-refractivity contribution in [3.05, 3.63) is 54.4 Å². The molecule has 5 heteroatoms. The van der Waals surface area contributed by atoms with Gasteiger partial charge in [-0.25, -0.2) is 0 Å². The van der Waals surface area contributed by atoms with E-state index in [2.05, 4.69) is 9.88 Å². The Labute approximate surface area is 159 Å². The van der Waals surface area contributed by atoms with Gasteiger partial charge in [-0.05, 0) is 37.1 Å². The van der Waals surface area contributed by atoms with Crippen LogP contribution in [-0.4, -0.2) is 40.5 Å². The molecule has 0 spiro atoms. The predicted molar refractivity (Wildman–Crippen MR) is 104 cm³/mol. The number of aromatic nitrogens is 1. The van der Waals surface area contributed by atoms with Gasteiger partial charge in [-0.15, -0.1) is 0 Å². The summed E-state index contributed by atoms with van der Waals surface area (Å²) in [6.07, 6.45) is 7.59. The average Bonchev–Trinajstić information content (AvgIpc) is 3.36. The third-order valence-electron chi connectivity index (χ3n) is 6.14. The number of hydrogen-bond acceptors (Lipinski definition) is 4. The maximum absolute atomic E-state index is 13.7. The van der Waals surface area contributed by atoms with Crippen LogP contribution >= 0.6 is 0 Å². The first-order valence-electron chi connectivity index (χ1n) is 10.0. The van der Waals surface area contributed by atoms with E-state index in [1.165, 1.54) is 25.7 Å². The molecule has 0 radical (unpaired) electrons. The van der Waals surface area contributed by atoms with Gasteiger partial charge in [-0.2, -0.15) is 0 Å². The zero-order valence-corrected chi connectivity index (χ0v) is 15.5. The zero-order valence-electron chi connectivity index (χ0n) is 15.5. The minimum atomic E-state index is -0.0878. The summed E-state index contributed by atoms with van der Waals surface area (Å²) in [5.41, 5.74) is 1.75. The van der Waals surface area contributed by atoms with Crippen LogP contribution in [0.5, 0.6) is 5.75 Å². The summed E-state index contributed by atoms with van der Waals surface area (Å²) in [7, 11) is 0. The second-order valence-electron chi connectivity index (χ2n) is 7.84. The SMILES string of the molecule is O=C1C2CC(CN2C2CCCC2)Oc2ccccc2N1Cc1ccccn1. The molecule has 3 heterocycles. The summed E-state index contributed by atoms with van der Waals surface area (Å²) in [4.78, 5) is 22.4. The number of rotatable bonds is 3. The van der Waals surface area contributed by atoms with Gasteiger partial charge < -0.3 is 9.64 Å². The van der Waals surface area contributed by atoms with Crippen LogP contribution in [0.25, 0.3) is 0 Å². The molecule has 2 fully saturated rings. The fourth-order valence-corrected chi connectivity index (χ4v) is 4.86. The quantitative estimate of drug-likeness (QED) is 0.839. The number of fused-ring (bicyclic) bond motifs is 3. The Morgan fingerprint density at radius 2 is 1.89 bits per heavy atom. The number of benzene rings is 1. The Bertz CT molecular complexity index is 819. The van der Waals surface area contributed by atoms with Crippen LogP contribution in [0.15, 0.2) is 48.7 Å². The molecule has 27 heavy (non-hydrogen) atoms. The molecule has 1 aromatic heterocycles. The van der Waals surface area contributed by atoms with Crippen molar-refractivity contribution in [2.75, 3.05) is 11.4 Å². The number of para-hydroxylation sites is 2. The number of likely N-dealkylation sites (tertiary alicyclic amines) is 1. The number of hydrogen-bond donors (Lipinski definition) is 0. The Morgan fingerprint density at radius 3 is 2.70 bits per heavy atom. The lowest BCUT2D eigenvalue weighted by Crippen LogP contribution is -2.48. The van der Waals surface area contributed by atoms with Crippen molar-refractivity contribution in [2.45, 2.75) is 56.8 Å². The van der Waals surface area contributed by atoms with Gasteiger partial charge in [0, 0.05) is 25.2 Å². The first kappa shape index (κ1) is 16.8. The maximum Gasteiger partial charge on any atom is 0.244 e. The summed E-state index contributed by atoms with van der Waals surface area (Å²) >= 11 is 0. The van der Waals surface area contributed by atoms with Crippen molar-refractivity contribution >= 4 is 11.6 Å². The fourth-order valence-electron chi connectivity index (χ4n) is 4.86. The lowest BCUT2D eigenvalue weighted by atomic mass is 10.1. The minimum absolute atomic E-state index is 0.0878. The van der Waals surface area contributed by atoms with E-state index in [9.17, 15) is 4.79 Å². The zero-order chi connectivity index (χ0) is 18.2. The third kappa shape index (κ3) is 3.10. The molecule has 5 nitrogen and oxygen atoms in total. The Kier molecular flexibility index (Phi) is 4.32. The Morgan fingerprint density at radius 1 is 1.07 bits per heavy atom. The summed E-state index contributed by atoms with van der Waals surface area (Å²) in [6, 6.07) is 14.2. The molecule has 2 atom stereocenters. The number of pyridine rings is 1. The van der Waals surface area contributed by atoms with Crippen molar-refractivity contribution in [1.29, 1.82) is 0 Å². The summed E-state index contributed by atoms with van der Waals surface area (Å²) in [5.74, 6) is 0.990. The van der Waals surface area contributed by atoms with Crippen LogP contribution in [-0.2, 0) is 11.3 Å². The summed E-state index contributed by atoms with van der Waals surface area (Å²) < 4.78 is 6.38. The van der Waals surface area contributed by atoms with E-state index in [1.54, 1.807) is 6.20 Å². The molecule has 1 aromatic carbocycles. The highest BCUT2D eigenvalue weighted by Crippen LogP contribution is 2.39.